The van der Waals surface area contributed by atoms with Crippen molar-refractivity contribution in [1.29, 1.82) is 0 Å². The Bertz CT molecular complexity index is 613. The van der Waals surface area contributed by atoms with E-state index < -0.39 is 0 Å². The van der Waals surface area contributed by atoms with Crippen molar-refractivity contribution in [1.82, 2.24) is 15.1 Å². The van der Waals surface area contributed by atoms with E-state index in [0.717, 1.165) is 57.2 Å². The Balaban J connectivity index is 0.00000392. The van der Waals surface area contributed by atoms with Crippen LogP contribution < -0.4 is 5.32 Å². The zero-order chi connectivity index (χ0) is 19.5. The molecule has 0 radical (unpaired) electrons. The van der Waals surface area contributed by atoms with Gasteiger partial charge in [-0.3, -0.25) is 9.79 Å². The SMILES string of the molecule is CCNC(=NCCCCOCC)N1CCN(Cc2ccc(Cl)cc2)C(=O)C1.I. The van der Waals surface area contributed by atoms with E-state index in [1.807, 2.05) is 47.9 Å². The maximum absolute atomic E-state index is 12.6. The number of hydrogen-bond donors (Lipinski definition) is 1. The van der Waals surface area contributed by atoms with Crippen LogP contribution in [0.15, 0.2) is 29.3 Å². The fourth-order valence-corrected chi connectivity index (χ4v) is 3.06. The first-order valence-electron chi connectivity index (χ1n) is 9.77. The minimum atomic E-state index is 0. The molecule has 1 aliphatic heterocycles. The van der Waals surface area contributed by atoms with Crippen LogP contribution in [0.1, 0.15) is 32.3 Å². The number of unbranched alkanes of at least 4 members (excludes halogenated alkanes) is 1. The molecule has 0 saturated carbocycles. The molecule has 1 heterocycles. The Morgan fingerprint density at radius 2 is 1.96 bits per heavy atom. The average Bonchev–Trinajstić information content (AvgIpc) is 2.67. The highest BCUT2D eigenvalue weighted by atomic mass is 127. The number of hydrogen-bond acceptors (Lipinski definition) is 3. The third-order valence-corrected chi connectivity index (χ3v) is 4.65. The van der Waals surface area contributed by atoms with E-state index in [-0.39, 0.29) is 29.9 Å². The molecule has 0 bridgehead atoms. The van der Waals surface area contributed by atoms with Gasteiger partial charge in [0, 0.05) is 51.0 Å². The average molecular weight is 523 g/mol. The second-order valence-corrected chi connectivity index (χ2v) is 6.94. The van der Waals surface area contributed by atoms with Crippen LogP contribution in [0.5, 0.6) is 0 Å². The van der Waals surface area contributed by atoms with E-state index in [4.69, 9.17) is 16.3 Å². The number of aliphatic imine (C=N–C) groups is 1. The van der Waals surface area contributed by atoms with E-state index in [1.165, 1.54) is 0 Å². The fraction of sp³-hybridized carbons (Fsp3) is 0.600. The van der Waals surface area contributed by atoms with Gasteiger partial charge in [0.1, 0.15) is 0 Å². The van der Waals surface area contributed by atoms with Crippen molar-refractivity contribution in [2.45, 2.75) is 33.2 Å². The van der Waals surface area contributed by atoms with Crippen LogP contribution in [-0.4, -0.2) is 67.6 Å². The number of nitrogens with zero attached hydrogens (tertiary/aromatic N) is 3. The summed E-state index contributed by atoms with van der Waals surface area (Å²) in [4.78, 5) is 21.2. The summed E-state index contributed by atoms with van der Waals surface area (Å²) in [5.74, 6) is 0.951. The Labute approximate surface area is 190 Å². The monoisotopic (exact) mass is 522 g/mol. The normalized spacial score (nSPS) is 14.8. The predicted molar refractivity (Wildman–Crippen MR) is 126 cm³/mol. The molecule has 28 heavy (non-hydrogen) atoms. The fourth-order valence-electron chi connectivity index (χ4n) is 2.94. The molecule has 1 saturated heterocycles. The largest absolute Gasteiger partial charge is 0.382 e. The van der Waals surface area contributed by atoms with Crippen LogP contribution in [0.4, 0.5) is 0 Å². The van der Waals surface area contributed by atoms with Gasteiger partial charge in [-0.1, -0.05) is 23.7 Å². The zero-order valence-electron chi connectivity index (χ0n) is 16.8. The Morgan fingerprint density at radius 3 is 2.61 bits per heavy atom. The summed E-state index contributed by atoms with van der Waals surface area (Å²) in [6.07, 6.45) is 1.99. The predicted octanol–water partition coefficient (Wildman–Crippen LogP) is 3.38. The van der Waals surface area contributed by atoms with Gasteiger partial charge >= 0.3 is 0 Å². The van der Waals surface area contributed by atoms with Gasteiger partial charge in [-0.15, -0.1) is 24.0 Å². The molecule has 158 valence electrons. The molecule has 1 aromatic carbocycles. The third kappa shape index (κ3) is 8.53. The Kier molecular flexibility index (Phi) is 12.5. The van der Waals surface area contributed by atoms with Crippen molar-refractivity contribution in [3.63, 3.8) is 0 Å². The second kappa shape index (κ2) is 14.0. The first-order chi connectivity index (χ1) is 13.1. The van der Waals surface area contributed by atoms with E-state index in [0.29, 0.717) is 24.7 Å². The lowest BCUT2D eigenvalue weighted by Gasteiger charge is -2.36. The highest BCUT2D eigenvalue weighted by Gasteiger charge is 2.25. The summed E-state index contributed by atoms with van der Waals surface area (Å²) < 4.78 is 5.35. The topological polar surface area (TPSA) is 57.2 Å². The zero-order valence-corrected chi connectivity index (χ0v) is 19.9. The lowest BCUT2D eigenvalue weighted by atomic mass is 10.2. The molecular weight excluding hydrogens is 491 g/mol. The number of ether oxygens (including phenoxy) is 1. The van der Waals surface area contributed by atoms with Crippen molar-refractivity contribution in [3.8, 4) is 0 Å². The highest BCUT2D eigenvalue weighted by molar-refractivity contribution is 14.0. The lowest BCUT2D eigenvalue weighted by Crippen LogP contribution is -2.55. The van der Waals surface area contributed by atoms with Crippen molar-refractivity contribution >= 4 is 47.4 Å². The van der Waals surface area contributed by atoms with Crippen LogP contribution in [0.25, 0.3) is 0 Å². The molecule has 2 rings (SSSR count). The molecule has 0 aliphatic carbocycles. The smallest absolute Gasteiger partial charge is 0.242 e. The van der Waals surface area contributed by atoms with Crippen molar-refractivity contribution < 1.29 is 9.53 Å². The van der Waals surface area contributed by atoms with Crippen LogP contribution in [0.3, 0.4) is 0 Å². The lowest BCUT2D eigenvalue weighted by molar-refractivity contribution is -0.135. The summed E-state index contributed by atoms with van der Waals surface area (Å²) >= 11 is 5.93. The molecule has 0 unspecified atom stereocenters. The number of rotatable bonds is 9. The number of guanidine groups is 1. The maximum atomic E-state index is 12.6. The summed E-state index contributed by atoms with van der Waals surface area (Å²) in [5.41, 5.74) is 1.09. The van der Waals surface area contributed by atoms with Crippen LogP contribution in [0.2, 0.25) is 5.02 Å². The van der Waals surface area contributed by atoms with Gasteiger partial charge in [0.15, 0.2) is 5.96 Å². The van der Waals surface area contributed by atoms with Gasteiger partial charge in [-0.05, 0) is 44.4 Å². The van der Waals surface area contributed by atoms with Crippen molar-refractivity contribution in [2.24, 2.45) is 4.99 Å². The summed E-state index contributed by atoms with van der Waals surface area (Å²) in [6.45, 7) is 9.58. The van der Waals surface area contributed by atoms with E-state index in [9.17, 15) is 4.79 Å². The van der Waals surface area contributed by atoms with Crippen LogP contribution in [0, 0.1) is 0 Å². The minimum Gasteiger partial charge on any atom is -0.382 e. The summed E-state index contributed by atoms with van der Waals surface area (Å²) in [5, 5.41) is 4.02. The van der Waals surface area contributed by atoms with Gasteiger partial charge in [0.2, 0.25) is 5.91 Å². The highest BCUT2D eigenvalue weighted by Crippen LogP contribution is 2.13. The number of benzene rings is 1. The molecule has 1 aliphatic rings. The minimum absolute atomic E-state index is 0. The first kappa shape index (κ1) is 25.0. The van der Waals surface area contributed by atoms with Crippen LogP contribution >= 0.6 is 35.6 Å². The Hall–Kier alpha value is -1.06. The number of nitrogens with one attached hydrogen (secondary N) is 1. The number of piperazine rings is 1. The summed E-state index contributed by atoms with van der Waals surface area (Å²) in [7, 11) is 0. The standard InChI is InChI=1S/C20H31ClN4O2.HI/c1-3-22-20(23-11-5-6-14-27-4-2)25-13-12-24(19(26)16-25)15-17-7-9-18(21)10-8-17;/h7-10H,3-6,11-16H2,1-2H3,(H,22,23);1H. The molecule has 1 fully saturated rings. The molecule has 1 N–H and O–H groups in total. The molecule has 6 nitrogen and oxygen atoms in total. The third-order valence-electron chi connectivity index (χ3n) is 4.40. The maximum Gasteiger partial charge on any atom is 0.242 e. The summed E-state index contributed by atoms with van der Waals surface area (Å²) in [6, 6.07) is 7.66. The number of carbonyl (C=O) groups is 1. The quantitative estimate of drug-likeness (QED) is 0.234. The van der Waals surface area contributed by atoms with E-state index in [1.54, 1.807) is 0 Å². The number of amides is 1. The molecule has 0 atom stereocenters. The van der Waals surface area contributed by atoms with Crippen molar-refractivity contribution in [2.75, 3.05) is 45.9 Å². The van der Waals surface area contributed by atoms with Gasteiger partial charge in [0.25, 0.3) is 0 Å². The molecule has 8 heteroatoms. The molecule has 0 spiro atoms. The Morgan fingerprint density at radius 1 is 1.21 bits per heavy atom. The van der Waals surface area contributed by atoms with Gasteiger partial charge in [-0.25, -0.2) is 0 Å². The van der Waals surface area contributed by atoms with Gasteiger partial charge < -0.3 is 19.9 Å². The number of carbonyl (C=O) groups excluding carboxylic acids is 1. The molecule has 1 amide bonds. The number of halogens is 2. The first-order valence-corrected chi connectivity index (χ1v) is 10.1. The van der Waals surface area contributed by atoms with E-state index in [2.05, 4.69) is 10.3 Å². The molecule has 1 aromatic rings. The van der Waals surface area contributed by atoms with E-state index >= 15 is 0 Å². The van der Waals surface area contributed by atoms with Gasteiger partial charge in [0.05, 0.1) is 6.54 Å². The van der Waals surface area contributed by atoms with Crippen molar-refractivity contribution in [3.05, 3.63) is 34.9 Å². The van der Waals surface area contributed by atoms with Gasteiger partial charge in [-0.2, -0.15) is 0 Å². The molecule has 0 aromatic heterocycles. The molecular formula is C20H32ClIN4O2. The van der Waals surface area contributed by atoms with Crippen LogP contribution in [-0.2, 0) is 16.1 Å². The second-order valence-electron chi connectivity index (χ2n) is 6.50.